The fourth-order valence-corrected chi connectivity index (χ4v) is 1.55. The maximum atomic E-state index is 9.34. The SMILES string of the molecule is CCCNCc1ccc(N(C)C(C)(C)CO)nc1. The van der Waals surface area contributed by atoms with Crippen LogP contribution >= 0.6 is 0 Å². The van der Waals surface area contributed by atoms with Crippen LogP contribution in [0.2, 0.25) is 0 Å². The lowest BCUT2D eigenvalue weighted by Crippen LogP contribution is -2.44. The average Bonchev–Trinajstić information content (AvgIpc) is 2.39. The molecule has 1 heterocycles. The van der Waals surface area contributed by atoms with Crippen LogP contribution in [-0.4, -0.2) is 35.8 Å². The Labute approximate surface area is 110 Å². The van der Waals surface area contributed by atoms with Gasteiger partial charge >= 0.3 is 0 Å². The van der Waals surface area contributed by atoms with Gasteiger partial charge in [0.15, 0.2) is 0 Å². The summed E-state index contributed by atoms with van der Waals surface area (Å²) in [6.45, 7) is 8.12. The van der Waals surface area contributed by atoms with Gasteiger partial charge in [0.1, 0.15) is 5.82 Å². The third-order valence-electron chi connectivity index (χ3n) is 3.20. The zero-order chi connectivity index (χ0) is 13.6. The molecule has 0 saturated carbocycles. The lowest BCUT2D eigenvalue weighted by molar-refractivity contribution is 0.215. The van der Waals surface area contributed by atoms with E-state index < -0.39 is 0 Å². The highest BCUT2D eigenvalue weighted by Gasteiger charge is 2.23. The number of likely N-dealkylation sites (N-methyl/N-ethyl adjacent to an activating group) is 1. The highest BCUT2D eigenvalue weighted by atomic mass is 16.3. The van der Waals surface area contributed by atoms with Crippen LogP contribution in [0.15, 0.2) is 18.3 Å². The second-order valence-corrected chi connectivity index (χ2v) is 5.23. The van der Waals surface area contributed by atoms with Gasteiger partial charge in [0.2, 0.25) is 0 Å². The smallest absolute Gasteiger partial charge is 0.128 e. The Morgan fingerprint density at radius 1 is 1.39 bits per heavy atom. The summed E-state index contributed by atoms with van der Waals surface area (Å²) in [5.74, 6) is 0.883. The van der Waals surface area contributed by atoms with Crippen LogP contribution in [0.25, 0.3) is 0 Å². The van der Waals surface area contributed by atoms with Crippen molar-refractivity contribution in [2.45, 2.75) is 39.3 Å². The monoisotopic (exact) mass is 251 g/mol. The maximum absolute atomic E-state index is 9.34. The quantitative estimate of drug-likeness (QED) is 0.725. The standard InChI is InChI=1S/C14H25N3O/c1-5-8-15-9-12-6-7-13(16-10-12)17(4)14(2,3)11-18/h6-7,10,15,18H,5,8-9,11H2,1-4H3. The van der Waals surface area contributed by atoms with Crippen LogP contribution in [-0.2, 0) is 6.54 Å². The molecule has 18 heavy (non-hydrogen) atoms. The summed E-state index contributed by atoms with van der Waals surface area (Å²) in [5.41, 5.74) is 0.886. The fraction of sp³-hybridized carbons (Fsp3) is 0.643. The molecule has 4 nitrogen and oxygen atoms in total. The summed E-state index contributed by atoms with van der Waals surface area (Å²) >= 11 is 0. The Hall–Kier alpha value is -1.13. The normalized spacial score (nSPS) is 11.6. The molecule has 0 aliphatic carbocycles. The molecule has 0 bridgehead atoms. The number of aliphatic hydroxyl groups is 1. The number of hydrogen-bond donors (Lipinski definition) is 2. The van der Waals surface area contributed by atoms with Gasteiger partial charge in [-0.15, -0.1) is 0 Å². The van der Waals surface area contributed by atoms with Gasteiger partial charge in [0.25, 0.3) is 0 Å². The van der Waals surface area contributed by atoms with Crippen LogP contribution in [0.5, 0.6) is 0 Å². The van der Waals surface area contributed by atoms with E-state index in [-0.39, 0.29) is 12.1 Å². The van der Waals surface area contributed by atoms with Crippen LogP contribution in [0.1, 0.15) is 32.8 Å². The summed E-state index contributed by atoms with van der Waals surface area (Å²) in [5, 5.41) is 12.7. The number of nitrogens with zero attached hydrogens (tertiary/aromatic N) is 2. The minimum Gasteiger partial charge on any atom is -0.394 e. The summed E-state index contributed by atoms with van der Waals surface area (Å²) in [6.07, 6.45) is 3.03. The number of aromatic nitrogens is 1. The van der Waals surface area contributed by atoms with Crippen LogP contribution in [0.3, 0.4) is 0 Å². The zero-order valence-corrected chi connectivity index (χ0v) is 11.9. The molecule has 0 fully saturated rings. The number of hydrogen-bond acceptors (Lipinski definition) is 4. The molecule has 1 aromatic rings. The van der Waals surface area contributed by atoms with Crippen molar-refractivity contribution < 1.29 is 5.11 Å². The van der Waals surface area contributed by atoms with Crippen molar-refractivity contribution in [2.75, 3.05) is 25.1 Å². The molecular weight excluding hydrogens is 226 g/mol. The molecule has 0 spiro atoms. The van der Waals surface area contributed by atoms with Crippen molar-refractivity contribution in [3.63, 3.8) is 0 Å². The molecule has 0 aromatic carbocycles. The van der Waals surface area contributed by atoms with E-state index in [0.29, 0.717) is 0 Å². The average molecular weight is 251 g/mol. The Morgan fingerprint density at radius 3 is 2.61 bits per heavy atom. The summed E-state index contributed by atoms with van der Waals surface area (Å²) < 4.78 is 0. The number of anilines is 1. The van der Waals surface area contributed by atoms with Crippen LogP contribution < -0.4 is 10.2 Å². The van der Waals surface area contributed by atoms with Crippen LogP contribution in [0.4, 0.5) is 5.82 Å². The fourth-order valence-electron chi connectivity index (χ4n) is 1.55. The van der Waals surface area contributed by atoms with Crippen molar-refractivity contribution in [3.05, 3.63) is 23.9 Å². The summed E-state index contributed by atoms with van der Waals surface area (Å²) in [7, 11) is 1.95. The first-order valence-corrected chi connectivity index (χ1v) is 6.51. The van der Waals surface area contributed by atoms with Crippen molar-refractivity contribution >= 4 is 5.82 Å². The molecule has 0 unspecified atom stereocenters. The van der Waals surface area contributed by atoms with E-state index in [1.54, 1.807) is 0 Å². The van der Waals surface area contributed by atoms with Gasteiger partial charge in [-0.2, -0.15) is 0 Å². The van der Waals surface area contributed by atoms with Crippen molar-refractivity contribution in [1.29, 1.82) is 0 Å². The van der Waals surface area contributed by atoms with E-state index in [2.05, 4.69) is 23.3 Å². The molecule has 1 aromatic heterocycles. The molecule has 0 atom stereocenters. The van der Waals surface area contributed by atoms with Gasteiger partial charge in [-0.1, -0.05) is 13.0 Å². The Morgan fingerprint density at radius 2 is 2.11 bits per heavy atom. The van der Waals surface area contributed by atoms with Crippen LogP contribution in [0, 0.1) is 0 Å². The maximum Gasteiger partial charge on any atom is 0.128 e. The second kappa shape index (κ2) is 6.71. The van der Waals surface area contributed by atoms with E-state index in [0.717, 1.165) is 25.3 Å². The molecule has 0 amide bonds. The molecule has 0 aliphatic heterocycles. The predicted molar refractivity (Wildman–Crippen MR) is 75.8 cm³/mol. The van der Waals surface area contributed by atoms with Crippen molar-refractivity contribution in [3.8, 4) is 0 Å². The number of aliphatic hydroxyl groups excluding tert-OH is 1. The predicted octanol–water partition coefficient (Wildman–Crippen LogP) is 1.79. The van der Waals surface area contributed by atoms with E-state index in [1.807, 2.05) is 38.1 Å². The molecular formula is C14H25N3O. The van der Waals surface area contributed by atoms with Gasteiger partial charge in [0, 0.05) is 19.8 Å². The van der Waals surface area contributed by atoms with Gasteiger partial charge in [0.05, 0.1) is 12.1 Å². The third-order valence-corrected chi connectivity index (χ3v) is 3.20. The van der Waals surface area contributed by atoms with Gasteiger partial charge < -0.3 is 15.3 Å². The van der Waals surface area contributed by atoms with E-state index in [4.69, 9.17) is 0 Å². The van der Waals surface area contributed by atoms with Gasteiger partial charge in [-0.25, -0.2) is 4.98 Å². The highest BCUT2D eigenvalue weighted by Crippen LogP contribution is 2.19. The van der Waals surface area contributed by atoms with E-state index >= 15 is 0 Å². The lowest BCUT2D eigenvalue weighted by atomic mass is 10.1. The van der Waals surface area contributed by atoms with Gasteiger partial charge in [-0.05, 0) is 38.4 Å². The summed E-state index contributed by atoms with van der Waals surface area (Å²) in [4.78, 5) is 6.44. The molecule has 0 aliphatic rings. The molecule has 1 rings (SSSR count). The summed E-state index contributed by atoms with van der Waals surface area (Å²) in [6, 6.07) is 4.08. The van der Waals surface area contributed by atoms with Crippen molar-refractivity contribution in [1.82, 2.24) is 10.3 Å². The largest absolute Gasteiger partial charge is 0.394 e. The molecule has 2 N–H and O–H groups in total. The second-order valence-electron chi connectivity index (χ2n) is 5.23. The highest BCUT2D eigenvalue weighted by molar-refractivity contribution is 5.41. The Kier molecular flexibility index (Phi) is 5.56. The first-order chi connectivity index (χ1) is 8.51. The Balaban J connectivity index is 2.65. The minimum atomic E-state index is -0.297. The molecule has 4 heteroatoms. The number of nitrogens with one attached hydrogen (secondary N) is 1. The minimum absolute atomic E-state index is 0.102. The lowest BCUT2D eigenvalue weighted by Gasteiger charge is -2.34. The molecule has 102 valence electrons. The van der Waals surface area contributed by atoms with E-state index in [9.17, 15) is 5.11 Å². The molecule has 0 radical (unpaired) electrons. The topological polar surface area (TPSA) is 48.4 Å². The first-order valence-electron chi connectivity index (χ1n) is 6.51. The van der Waals surface area contributed by atoms with E-state index in [1.165, 1.54) is 5.56 Å². The zero-order valence-electron chi connectivity index (χ0n) is 11.9. The molecule has 0 saturated heterocycles. The first kappa shape index (κ1) is 14.9. The third kappa shape index (κ3) is 3.96. The number of pyridine rings is 1. The Bertz CT molecular complexity index is 349. The van der Waals surface area contributed by atoms with Gasteiger partial charge in [-0.3, -0.25) is 0 Å². The number of rotatable bonds is 7. The van der Waals surface area contributed by atoms with Crippen molar-refractivity contribution in [2.24, 2.45) is 0 Å².